The van der Waals surface area contributed by atoms with E-state index in [-0.39, 0.29) is 5.91 Å². The van der Waals surface area contributed by atoms with Crippen molar-refractivity contribution >= 4 is 17.5 Å². The molecule has 0 unspecified atom stereocenters. The normalized spacial score (nSPS) is 11.0. The Morgan fingerprint density at radius 2 is 1.96 bits per heavy atom. The molecule has 0 saturated heterocycles. The zero-order chi connectivity index (χ0) is 19.2. The van der Waals surface area contributed by atoms with Crippen LogP contribution in [0.25, 0.3) is 5.69 Å². The van der Waals surface area contributed by atoms with E-state index in [1.807, 2.05) is 56.4 Å². The van der Waals surface area contributed by atoms with E-state index in [4.69, 9.17) is 11.6 Å². The van der Waals surface area contributed by atoms with Crippen LogP contribution in [0.3, 0.4) is 0 Å². The van der Waals surface area contributed by atoms with Crippen LogP contribution >= 0.6 is 11.6 Å². The van der Waals surface area contributed by atoms with Gasteiger partial charge in [0.1, 0.15) is 0 Å². The molecule has 0 aliphatic heterocycles. The number of aromatic nitrogens is 2. The van der Waals surface area contributed by atoms with Crippen LogP contribution in [-0.2, 0) is 6.54 Å². The zero-order valence-electron chi connectivity index (χ0n) is 15.5. The third-order valence-electron chi connectivity index (χ3n) is 4.38. The molecule has 1 aromatic heterocycles. The molecule has 0 fully saturated rings. The van der Waals surface area contributed by atoms with Gasteiger partial charge >= 0.3 is 0 Å². The molecule has 140 valence electrons. The lowest BCUT2D eigenvalue weighted by atomic mass is 10.2. The molecule has 0 spiro atoms. The van der Waals surface area contributed by atoms with Crippen molar-refractivity contribution in [3.05, 3.63) is 82.6 Å². The molecule has 2 aromatic carbocycles. The van der Waals surface area contributed by atoms with Crippen LogP contribution in [0.2, 0.25) is 5.02 Å². The summed E-state index contributed by atoms with van der Waals surface area (Å²) < 4.78 is 1.72. The Morgan fingerprint density at radius 3 is 2.70 bits per heavy atom. The first-order valence-electron chi connectivity index (χ1n) is 8.86. The summed E-state index contributed by atoms with van der Waals surface area (Å²) >= 11 is 6.05. The van der Waals surface area contributed by atoms with Crippen LogP contribution in [-0.4, -0.2) is 40.7 Å². The monoisotopic (exact) mass is 382 g/mol. The smallest absolute Gasteiger partial charge is 0.254 e. The minimum Gasteiger partial charge on any atom is -0.351 e. The molecule has 0 radical (unpaired) electrons. The van der Waals surface area contributed by atoms with E-state index in [9.17, 15) is 4.79 Å². The summed E-state index contributed by atoms with van der Waals surface area (Å²) in [6.07, 6.45) is 1.60. The average Bonchev–Trinajstić information content (AvgIpc) is 3.04. The Balaban J connectivity index is 1.56. The summed E-state index contributed by atoms with van der Waals surface area (Å²) in [5.74, 6) is -0.117. The molecule has 0 aliphatic carbocycles. The van der Waals surface area contributed by atoms with Crippen molar-refractivity contribution in [3.63, 3.8) is 0 Å². The highest BCUT2D eigenvalue weighted by Crippen LogP contribution is 2.17. The first-order valence-corrected chi connectivity index (χ1v) is 9.23. The molecule has 6 heteroatoms. The van der Waals surface area contributed by atoms with Gasteiger partial charge in [0.2, 0.25) is 0 Å². The Hall–Kier alpha value is -2.63. The number of rotatable bonds is 7. The number of benzene rings is 2. The van der Waals surface area contributed by atoms with E-state index in [0.29, 0.717) is 17.1 Å². The lowest BCUT2D eigenvalue weighted by Gasteiger charge is -2.17. The Morgan fingerprint density at radius 1 is 1.19 bits per heavy atom. The molecule has 0 bridgehead atoms. The maximum absolute atomic E-state index is 12.5. The van der Waals surface area contributed by atoms with Crippen molar-refractivity contribution in [2.45, 2.75) is 13.5 Å². The fourth-order valence-corrected chi connectivity index (χ4v) is 3.11. The number of halogens is 1. The van der Waals surface area contributed by atoms with E-state index in [2.05, 4.69) is 27.4 Å². The molecule has 1 amide bonds. The van der Waals surface area contributed by atoms with Crippen LogP contribution in [0, 0.1) is 6.92 Å². The van der Waals surface area contributed by atoms with Gasteiger partial charge in [-0.3, -0.25) is 4.79 Å². The summed E-state index contributed by atoms with van der Waals surface area (Å²) in [7, 11) is 2.04. The zero-order valence-corrected chi connectivity index (χ0v) is 16.3. The highest BCUT2D eigenvalue weighted by molar-refractivity contribution is 6.30. The van der Waals surface area contributed by atoms with Crippen molar-refractivity contribution in [2.75, 3.05) is 20.1 Å². The number of hydrogen-bond acceptors (Lipinski definition) is 3. The van der Waals surface area contributed by atoms with E-state index in [0.717, 1.165) is 24.5 Å². The maximum Gasteiger partial charge on any atom is 0.254 e. The summed E-state index contributed by atoms with van der Waals surface area (Å²) in [5.41, 5.74) is 3.44. The number of likely N-dealkylation sites (N-methyl/N-ethyl adjacent to an activating group) is 1. The molecule has 1 heterocycles. The predicted molar refractivity (Wildman–Crippen MR) is 108 cm³/mol. The number of carbonyl (C=O) groups is 1. The van der Waals surface area contributed by atoms with Gasteiger partial charge in [0.15, 0.2) is 0 Å². The van der Waals surface area contributed by atoms with Gasteiger partial charge in [-0.2, -0.15) is 5.10 Å². The van der Waals surface area contributed by atoms with Crippen LogP contribution in [0.1, 0.15) is 21.6 Å². The molecular formula is C21H23ClN4O. The second-order valence-corrected chi connectivity index (χ2v) is 6.95. The highest BCUT2D eigenvalue weighted by Gasteiger charge is 2.15. The minimum atomic E-state index is -0.117. The summed E-state index contributed by atoms with van der Waals surface area (Å²) in [6, 6.07) is 17.7. The van der Waals surface area contributed by atoms with Crippen LogP contribution in [0.15, 0.2) is 60.8 Å². The Bertz CT molecular complexity index is 908. The fourth-order valence-electron chi connectivity index (χ4n) is 2.93. The van der Waals surface area contributed by atoms with E-state index >= 15 is 0 Å². The second-order valence-electron chi connectivity index (χ2n) is 6.51. The molecule has 5 nitrogen and oxygen atoms in total. The molecule has 3 aromatic rings. The minimum absolute atomic E-state index is 0.117. The van der Waals surface area contributed by atoms with Crippen molar-refractivity contribution in [1.29, 1.82) is 0 Å². The molecular weight excluding hydrogens is 360 g/mol. The van der Waals surface area contributed by atoms with Gasteiger partial charge in [0.25, 0.3) is 5.91 Å². The van der Waals surface area contributed by atoms with Gasteiger partial charge in [-0.25, -0.2) is 4.68 Å². The third kappa shape index (κ3) is 4.96. The molecule has 1 N–H and O–H groups in total. The summed E-state index contributed by atoms with van der Waals surface area (Å²) in [5, 5.41) is 7.94. The predicted octanol–water partition coefficient (Wildman–Crippen LogP) is 3.70. The van der Waals surface area contributed by atoms with Crippen LogP contribution < -0.4 is 5.32 Å². The quantitative estimate of drug-likeness (QED) is 0.678. The van der Waals surface area contributed by atoms with Crippen LogP contribution in [0.4, 0.5) is 0 Å². The molecule has 0 atom stereocenters. The number of nitrogens with one attached hydrogen (secondary N) is 1. The fraction of sp³-hybridized carbons (Fsp3) is 0.238. The van der Waals surface area contributed by atoms with Gasteiger partial charge in [-0.05, 0) is 37.7 Å². The Kier molecular flexibility index (Phi) is 6.27. The van der Waals surface area contributed by atoms with Crippen molar-refractivity contribution in [3.8, 4) is 5.69 Å². The second kappa shape index (κ2) is 8.84. The SMILES string of the molecule is Cc1c(C(=O)NCCN(C)Cc2ccccc2)cnn1-c1cccc(Cl)c1. The topological polar surface area (TPSA) is 50.2 Å². The Labute approximate surface area is 164 Å². The first-order chi connectivity index (χ1) is 13.0. The van der Waals surface area contributed by atoms with Crippen molar-refractivity contribution in [2.24, 2.45) is 0 Å². The molecule has 27 heavy (non-hydrogen) atoms. The largest absolute Gasteiger partial charge is 0.351 e. The summed E-state index contributed by atoms with van der Waals surface area (Å²) in [4.78, 5) is 14.7. The standard InChI is InChI=1S/C21H23ClN4O/c1-16-20(14-24-26(16)19-10-6-9-18(22)13-19)21(27)23-11-12-25(2)15-17-7-4-3-5-8-17/h3-10,13-14H,11-12,15H2,1-2H3,(H,23,27). The van der Waals surface area contributed by atoms with Gasteiger partial charge in [-0.1, -0.05) is 48.0 Å². The van der Waals surface area contributed by atoms with Gasteiger partial charge in [0.05, 0.1) is 23.1 Å². The van der Waals surface area contributed by atoms with Crippen LogP contribution in [0.5, 0.6) is 0 Å². The molecule has 0 aliphatic rings. The van der Waals surface area contributed by atoms with Crippen molar-refractivity contribution < 1.29 is 4.79 Å². The number of nitrogens with zero attached hydrogens (tertiary/aromatic N) is 3. The van der Waals surface area contributed by atoms with Crippen molar-refractivity contribution in [1.82, 2.24) is 20.0 Å². The third-order valence-corrected chi connectivity index (χ3v) is 4.62. The molecule has 3 rings (SSSR count). The average molecular weight is 383 g/mol. The van der Waals surface area contributed by atoms with E-state index < -0.39 is 0 Å². The molecule has 0 saturated carbocycles. The van der Waals surface area contributed by atoms with E-state index in [1.165, 1.54) is 5.56 Å². The maximum atomic E-state index is 12.5. The lowest BCUT2D eigenvalue weighted by Crippen LogP contribution is -2.33. The number of amides is 1. The summed E-state index contributed by atoms with van der Waals surface area (Å²) in [6.45, 7) is 4.07. The van der Waals surface area contributed by atoms with E-state index in [1.54, 1.807) is 10.9 Å². The van der Waals surface area contributed by atoms with Gasteiger partial charge in [-0.15, -0.1) is 0 Å². The highest BCUT2D eigenvalue weighted by atomic mass is 35.5. The number of hydrogen-bond donors (Lipinski definition) is 1. The van der Waals surface area contributed by atoms with Gasteiger partial charge < -0.3 is 10.2 Å². The lowest BCUT2D eigenvalue weighted by molar-refractivity contribution is 0.0949. The van der Waals surface area contributed by atoms with Gasteiger partial charge in [0, 0.05) is 24.7 Å². The first kappa shape index (κ1) is 19.1. The number of carbonyl (C=O) groups excluding carboxylic acids is 1.